The largest absolute Gasteiger partial charge is 0.491 e. The first kappa shape index (κ1) is 28.6. The number of ether oxygens (including phenoxy) is 1. The third kappa shape index (κ3) is 11.3. The number of carbonyl (C=O) groups is 1. The van der Waals surface area contributed by atoms with Gasteiger partial charge in [0.05, 0.1) is 25.2 Å². The fourth-order valence-corrected chi connectivity index (χ4v) is 2.90. The van der Waals surface area contributed by atoms with Crippen molar-refractivity contribution in [3.05, 3.63) is 65.5 Å². The van der Waals surface area contributed by atoms with E-state index in [2.05, 4.69) is 20.9 Å². The fourth-order valence-electron chi connectivity index (χ4n) is 2.90. The monoisotopic (exact) mass is 572 g/mol. The number of nitrogens with one attached hydrogen (secondary N) is 3. The summed E-state index contributed by atoms with van der Waals surface area (Å²) in [5.74, 6) is 0.853. The molecule has 0 aliphatic carbocycles. The number of amides is 1. The van der Waals surface area contributed by atoms with Crippen LogP contribution < -0.4 is 20.7 Å². The topological polar surface area (TPSA) is 95.0 Å². The highest BCUT2D eigenvalue weighted by Crippen LogP contribution is 2.19. The van der Waals surface area contributed by atoms with Crippen molar-refractivity contribution in [3.8, 4) is 5.75 Å². The maximum atomic E-state index is 12.9. The van der Waals surface area contributed by atoms with Crippen LogP contribution in [0, 0.1) is 5.82 Å². The lowest BCUT2D eigenvalue weighted by Gasteiger charge is -2.14. The van der Waals surface area contributed by atoms with Gasteiger partial charge in [0.25, 0.3) is 0 Å². The number of rotatable bonds is 11. The van der Waals surface area contributed by atoms with Crippen LogP contribution in [0.4, 0.5) is 4.39 Å². The number of aliphatic hydroxyl groups excluding tert-OH is 1. The van der Waals surface area contributed by atoms with E-state index < -0.39 is 6.10 Å². The van der Waals surface area contributed by atoms with Gasteiger partial charge in [-0.05, 0) is 56.2 Å². The minimum atomic E-state index is -0.742. The summed E-state index contributed by atoms with van der Waals surface area (Å²) in [5, 5.41) is 19.5. The van der Waals surface area contributed by atoms with Crippen LogP contribution in [0.5, 0.6) is 5.75 Å². The van der Waals surface area contributed by atoms with Gasteiger partial charge in [-0.1, -0.05) is 24.3 Å². The summed E-state index contributed by atoms with van der Waals surface area (Å²) in [6.45, 7) is 7.61. The van der Waals surface area contributed by atoms with Gasteiger partial charge in [0.1, 0.15) is 11.6 Å². The highest BCUT2D eigenvalue weighted by molar-refractivity contribution is 14.0. The molecule has 0 bridgehead atoms. The minimum absolute atomic E-state index is 0. The molecule has 0 saturated heterocycles. The van der Waals surface area contributed by atoms with E-state index in [1.54, 1.807) is 12.1 Å². The molecule has 2 rings (SSSR count). The van der Waals surface area contributed by atoms with Gasteiger partial charge in [-0.3, -0.25) is 9.79 Å². The van der Waals surface area contributed by atoms with E-state index in [0.717, 1.165) is 16.9 Å². The minimum Gasteiger partial charge on any atom is -0.491 e. The Morgan fingerprint density at radius 1 is 1.03 bits per heavy atom. The molecule has 0 heterocycles. The Labute approximate surface area is 212 Å². The first-order chi connectivity index (χ1) is 15.4. The van der Waals surface area contributed by atoms with Gasteiger partial charge in [0, 0.05) is 19.6 Å². The molecule has 1 amide bonds. The van der Waals surface area contributed by atoms with Crippen molar-refractivity contribution in [2.75, 3.05) is 26.2 Å². The summed E-state index contributed by atoms with van der Waals surface area (Å²) in [6.07, 6.45) is -0.451. The predicted octanol–water partition coefficient (Wildman–Crippen LogP) is 3.18. The molecular weight excluding hydrogens is 538 g/mol. The molecule has 4 N–H and O–H groups in total. The molecule has 0 spiro atoms. The number of benzene rings is 2. The molecule has 182 valence electrons. The molecule has 1 unspecified atom stereocenters. The third-order valence-corrected chi connectivity index (χ3v) is 4.42. The average Bonchev–Trinajstić information content (AvgIpc) is 2.76. The van der Waals surface area contributed by atoms with Crippen LogP contribution in [0.1, 0.15) is 38.0 Å². The summed E-state index contributed by atoms with van der Waals surface area (Å²) in [6, 6.07) is 13.2. The number of aliphatic imine (C=N–C) groups is 1. The molecule has 1 atom stereocenters. The van der Waals surface area contributed by atoms with Gasteiger partial charge in [0.2, 0.25) is 5.91 Å². The number of hydrogen-bond acceptors (Lipinski definition) is 4. The predicted molar refractivity (Wildman–Crippen MR) is 140 cm³/mol. The fraction of sp³-hybridized carbons (Fsp3) is 0.417. The number of halogens is 2. The Kier molecular flexibility index (Phi) is 13.4. The summed E-state index contributed by atoms with van der Waals surface area (Å²) in [7, 11) is 0. The normalized spacial score (nSPS) is 12.0. The SMILES string of the molecule is CCNC(=NCC(O)c1ccc(OC(C)C)cc1)NCCNC(=O)Cc1ccc(F)cc1.I. The van der Waals surface area contributed by atoms with Crippen LogP contribution in [0.3, 0.4) is 0 Å². The van der Waals surface area contributed by atoms with Gasteiger partial charge in [-0.15, -0.1) is 24.0 Å². The van der Waals surface area contributed by atoms with Crippen LogP contribution in [0.2, 0.25) is 0 Å². The lowest BCUT2D eigenvalue weighted by molar-refractivity contribution is -0.120. The molecule has 0 radical (unpaired) electrons. The van der Waals surface area contributed by atoms with E-state index in [9.17, 15) is 14.3 Å². The smallest absolute Gasteiger partial charge is 0.224 e. The molecule has 0 aliphatic heterocycles. The van der Waals surface area contributed by atoms with E-state index >= 15 is 0 Å². The van der Waals surface area contributed by atoms with Gasteiger partial charge < -0.3 is 25.8 Å². The number of aliphatic hydroxyl groups is 1. The Bertz CT molecular complexity index is 861. The third-order valence-electron chi connectivity index (χ3n) is 4.42. The second kappa shape index (κ2) is 15.4. The Balaban J connectivity index is 0.00000544. The second-order valence-electron chi connectivity index (χ2n) is 7.55. The summed E-state index contributed by atoms with van der Waals surface area (Å²) >= 11 is 0. The van der Waals surface area contributed by atoms with Gasteiger partial charge in [-0.2, -0.15) is 0 Å². The Hall–Kier alpha value is -2.40. The molecule has 2 aromatic carbocycles. The van der Waals surface area contributed by atoms with Crippen molar-refractivity contribution in [1.82, 2.24) is 16.0 Å². The lowest BCUT2D eigenvalue weighted by Crippen LogP contribution is -2.42. The zero-order valence-corrected chi connectivity index (χ0v) is 21.6. The van der Waals surface area contributed by atoms with Crippen LogP contribution in [0.25, 0.3) is 0 Å². The highest BCUT2D eigenvalue weighted by Gasteiger charge is 2.09. The zero-order chi connectivity index (χ0) is 23.3. The molecule has 9 heteroatoms. The Morgan fingerprint density at radius 2 is 1.67 bits per heavy atom. The Morgan fingerprint density at radius 3 is 2.27 bits per heavy atom. The summed E-state index contributed by atoms with van der Waals surface area (Å²) in [4.78, 5) is 16.4. The van der Waals surface area contributed by atoms with Gasteiger partial charge in [0.15, 0.2) is 5.96 Å². The number of carbonyl (C=O) groups excluding carboxylic acids is 1. The zero-order valence-electron chi connectivity index (χ0n) is 19.3. The molecule has 0 fully saturated rings. The first-order valence-electron chi connectivity index (χ1n) is 10.9. The standard InChI is InChI=1S/C24H33FN4O3.HI/c1-4-26-24(28-14-13-27-23(31)15-18-5-9-20(25)10-6-18)29-16-22(30)19-7-11-21(12-8-19)32-17(2)3;/h5-12,17,22,30H,4,13-16H2,1-3H3,(H,27,31)(H2,26,28,29);1H. The average molecular weight is 572 g/mol. The van der Waals surface area contributed by atoms with Crippen molar-refractivity contribution in [3.63, 3.8) is 0 Å². The van der Waals surface area contributed by atoms with Crippen LogP contribution >= 0.6 is 24.0 Å². The number of hydrogen-bond donors (Lipinski definition) is 4. The van der Waals surface area contributed by atoms with E-state index in [-0.39, 0.29) is 54.8 Å². The van der Waals surface area contributed by atoms with E-state index in [1.807, 2.05) is 45.0 Å². The first-order valence-corrected chi connectivity index (χ1v) is 10.9. The van der Waals surface area contributed by atoms with Crippen molar-refractivity contribution in [1.29, 1.82) is 0 Å². The quantitative estimate of drug-likeness (QED) is 0.144. The molecule has 0 aliphatic rings. The highest BCUT2D eigenvalue weighted by atomic mass is 127. The number of guanidine groups is 1. The van der Waals surface area contributed by atoms with Crippen LogP contribution in [-0.4, -0.2) is 49.3 Å². The molecule has 0 saturated carbocycles. The lowest BCUT2D eigenvalue weighted by atomic mass is 10.1. The van der Waals surface area contributed by atoms with Crippen molar-refractivity contribution in [2.24, 2.45) is 4.99 Å². The van der Waals surface area contributed by atoms with E-state index in [4.69, 9.17) is 4.74 Å². The molecule has 33 heavy (non-hydrogen) atoms. The summed E-state index contributed by atoms with van der Waals surface area (Å²) < 4.78 is 18.5. The number of nitrogens with zero attached hydrogens (tertiary/aromatic N) is 1. The summed E-state index contributed by atoms with van der Waals surface area (Å²) in [5.41, 5.74) is 1.51. The molecule has 7 nitrogen and oxygen atoms in total. The van der Waals surface area contributed by atoms with Gasteiger partial charge in [-0.25, -0.2) is 4.39 Å². The molecule has 0 aromatic heterocycles. The maximum absolute atomic E-state index is 12.9. The van der Waals surface area contributed by atoms with Crippen LogP contribution in [0.15, 0.2) is 53.5 Å². The molecular formula is C24H34FIN4O3. The van der Waals surface area contributed by atoms with Crippen molar-refractivity contribution in [2.45, 2.75) is 39.4 Å². The van der Waals surface area contributed by atoms with E-state index in [0.29, 0.717) is 25.6 Å². The van der Waals surface area contributed by atoms with E-state index in [1.165, 1.54) is 12.1 Å². The maximum Gasteiger partial charge on any atom is 0.224 e. The van der Waals surface area contributed by atoms with Crippen LogP contribution in [-0.2, 0) is 11.2 Å². The van der Waals surface area contributed by atoms with Crippen molar-refractivity contribution < 1.29 is 19.0 Å². The van der Waals surface area contributed by atoms with Gasteiger partial charge >= 0.3 is 0 Å². The molecule has 2 aromatic rings. The van der Waals surface area contributed by atoms with Crippen molar-refractivity contribution >= 4 is 35.8 Å². The second-order valence-corrected chi connectivity index (χ2v) is 7.55.